The van der Waals surface area contributed by atoms with Crippen molar-refractivity contribution >= 4 is 11.8 Å². The van der Waals surface area contributed by atoms with Crippen LogP contribution in [0.25, 0.3) is 0 Å². The topological polar surface area (TPSA) is 18.5 Å². The van der Waals surface area contributed by atoms with Crippen LogP contribution in [0.5, 0.6) is 0 Å². The highest BCUT2D eigenvalue weighted by Crippen LogP contribution is 2.26. The Bertz CT molecular complexity index is 121. The van der Waals surface area contributed by atoms with Gasteiger partial charge >= 0.3 is 0 Å². The number of thioether (sulfide) groups is 1. The van der Waals surface area contributed by atoms with Crippen molar-refractivity contribution in [1.82, 2.24) is 0 Å². The molecule has 0 aromatic carbocycles. The van der Waals surface area contributed by atoms with E-state index in [9.17, 15) is 0 Å². The third-order valence-corrected chi connectivity index (χ3v) is 2.67. The minimum atomic E-state index is 0.319. The summed E-state index contributed by atoms with van der Waals surface area (Å²) in [6.07, 6.45) is 3.90. The molecule has 9 heavy (non-hydrogen) atoms. The monoisotopic (exact) mass is 144 g/mol. The molecule has 2 unspecified atom stereocenters. The second-order valence-corrected chi connectivity index (χ2v) is 3.23. The van der Waals surface area contributed by atoms with Crippen LogP contribution in [0.15, 0.2) is 12.5 Å². The molecule has 2 heterocycles. The molecule has 0 spiro atoms. The van der Waals surface area contributed by atoms with Gasteiger partial charge < -0.3 is 9.47 Å². The fourth-order valence-corrected chi connectivity index (χ4v) is 2.22. The van der Waals surface area contributed by atoms with Crippen molar-refractivity contribution in [2.45, 2.75) is 12.2 Å². The van der Waals surface area contributed by atoms with Crippen LogP contribution in [0.1, 0.15) is 0 Å². The maximum atomic E-state index is 5.28. The van der Waals surface area contributed by atoms with Crippen LogP contribution in [0.3, 0.4) is 0 Å². The highest BCUT2D eigenvalue weighted by atomic mass is 32.2. The zero-order chi connectivity index (χ0) is 6.10. The Morgan fingerprint density at radius 1 is 1.11 bits per heavy atom. The molecule has 2 rings (SSSR count). The molecule has 2 aliphatic rings. The molecular weight excluding hydrogens is 136 g/mol. The molecule has 0 aromatic rings. The summed E-state index contributed by atoms with van der Waals surface area (Å²) in [5.41, 5.74) is 0. The van der Waals surface area contributed by atoms with Gasteiger partial charge in [0.1, 0.15) is 24.7 Å². The van der Waals surface area contributed by atoms with E-state index in [2.05, 4.69) is 0 Å². The number of hydrogen-bond donors (Lipinski definition) is 0. The Balaban J connectivity index is 2.07. The zero-order valence-electron chi connectivity index (χ0n) is 4.95. The number of hydrogen-bond acceptors (Lipinski definition) is 3. The van der Waals surface area contributed by atoms with Gasteiger partial charge in [-0.25, -0.2) is 0 Å². The molecule has 1 saturated heterocycles. The van der Waals surface area contributed by atoms with E-state index in [1.54, 1.807) is 12.5 Å². The fraction of sp³-hybridized carbons (Fsp3) is 0.667. The standard InChI is InChI=1S/C6H8O2S/c1-2-8-6-4-9-3-5(6)7-1/h1-2,5-6H,3-4H2. The molecule has 0 aliphatic carbocycles. The Labute approximate surface area is 58.2 Å². The molecule has 0 saturated carbocycles. The lowest BCUT2D eigenvalue weighted by atomic mass is 10.2. The molecule has 0 radical (unpaired) electrons. The molecule has 0 bridgehead atoms. The first-order valence-corrected chi connectivity index (χ1v) is 4.16. The van der Waals surface area contributed by atoms with Gasteiger partial charge in [0.2, 0.25) is 0 Å². The molecule has 1 fully saturated rings. The van der Waals surface area contributed by atoms with Crippen molar-refractivity contribution in [2.24, 2.45) is 0 Å². The van der Waals surface area contributed by atoms with Crippen molar-refractivity contribution < 1.29 is 9.47 Å². The van der Waals surface area contributed by atoms with Crippen molar-refractivity contribution in [3.63, 3.8) is 0 Å². The highest BCUT2D eigenvalue weighted by Gasteiger charge is 2.31. The first-order chi connectivity index (χ1) is 4.47. The number of ether oxygens (including phenoxy) is 2. The van der Waals surface area contributed by atoms with Crippen LogP contribution in [0.4, 0.5) is 0 Å². The van der Waals surface area contributed by atoms with Gasteiger partial charge in [0.15, 0.2) is 0 Å². The smallest absolute Gasteiger partial charge is 0.144 e. The van der Waals surface area contributed by atoms with Gasteiger partial charge in [-0.05, 0) is 0 Å². The summed E-state index contributed by atoms with van der Waals surface area (Å²) < 4.78 is 10.6. The summed E-state index contributed by atoms with van der Waals surface area (Å²) in [5, 5.41) is 0. The lowest BCUT2D eigenvalue weighted by Crippen LogP contribution is -2.29. The van der Waals surface area contributed by atoms with Crippen molar-refractivity contribution in [1.29, 1.82) is 0 Å². The molecule has 0 aromatic heterocycles. The van der Waals surface area contributed by atoms with E-state index in [-0.39, 0.29) is 0 Å². The molecule has 0 amide bonds. The maximum Gasteiger partial charge on any atom is 0.144 e. The van der Waals surface area contributed by atoms with Gasteiger partial charge in [-0.2, -0.15) is 11.8 Å². The average molecular weight is 144 g/mol. The Morgan fingerprint density at radius 2 is 1.67 bits per heavy atom. The number of rotatable bonds is 0. The molecule has 3 heteroatoms. The summed E-state index contributed by atoms with van der Waals surface area (Å²) in [5.74, 6) is 2.16. The van der Waals surface area contributed by atoms with Crippen LogP contribution >= 0.6 is 11.8 Å². The van der Waals surface area contributed by atoms with Gasteiger partial charge in [-0.1, -0.05) is 0 Å². The van der Waals surface area contributed by atoms with Crippen LogP contribution in [0.2, 0.25) is 0 Å². The van der Waals surface area contributed by atoms with E-state index in [0.29, 0.717) is 12.2 Å². The third kappa shape index (κ3) is 0.894. The van der Waals surface area contributed by atoms with Gasteiger partial charge in [-0.15, -0.1) is 0 Å². The van der Waals surface area contributed by atoms with E-state index in [1.807, 2.05) is 11.8 Å². The lowest BCUT2D eigenvalue weighted by Gasteiger charge is -2.21. The fourth-order valence-electron chi connectivity index (χ4n) is 1.03. The van der Waals surface area contributed by atoms with Gasteiger partial charge in [-0.3, -0.25) is 0 Å². The first-order valence-electron chi connectivity index (χ1n) is 3.00. The van der Waals surface area contributed by atoms with Crippen molar-refractivity contribution in [3.8, 4) is 0 Å². The van der Waals surface area contributed by atoms with E-state index in [0.717, 1.165) is 11.5 Å². The predicted octanol–water partition coefficient (Wildman–Crippen LogP) is 0.988. The van der Waals surface area contributed by atoms with Crippen LogP contribution < -0.4 is 0 Å². The largest absolute Gasteiger partial charge is 0.490 e. The van der Waals surface area contributed by atoms with Crippen molar-refractivity contribution in [3.05, 3.63) is 12.5 Å². The average Bonchev–Trinajstić information content (AvgIpc) is 2.33. The normalized spacial score (nSPS) is 39.1. The van der Waals surface area contributed by atoms with Crippen molar-refractivity contribution in [2.75, 3.05) is 11.5 Å². The summed E-state index contributed by atoms with van der Waals surface area (Å²) >= 11 is 1.89. The second-order valence-electron chi connectivity index (χ2n) is 2.16. The SMILES string of the molecule is C1=COC2CSCC2O1. The molecular formula is C6H8O2S. The summed E-state index contributed by atoms with van der Waals surface area (Å²) in [4.78, 5) is 0. The van der Waals surface area contributed by atoms with E-state index in [1.165, 1.54) is 0 Å². The third-order valence-electron chi connectivity index (χ3n) is 1.54. The Kier molecular flexibility index (Phi) is 1.30. The van der Waals surface area contributed by atoms with Gasteiger partial charge in [0.25, 0.3) is 0 Å². The van der Waals surface area contributed by atoms with E-state index in [4.69, 9.17) is 9.47 Å². The molecule has 2 nitrogen and oxygen atoms in total. The minimum Gasteiger partial charge on any atom is -0.490 e. The molecule has 2 atom stereocenters. The molecule has 2 aliphatic heterocycles. The molecule has 50 valence electrons. The van der Waals surface area contributed by atoms with E-state index < -0.39 is 0 Å². The first kappa shape index (κ1) is 5.47. The number of fused-ring (bicyclic) bond motifs is 1. The van der Waals surface area contributed by atoms with Crippen LogP contribution in [-0.2, 0) is 9.47 Å². The van der Waals surface area contributed by atoms with Crippen LogP contribution in [0, 0.1) is 0 Å². The lowest BCUT2D eigenvalue weighted by molar-refractivity contribution is -0.000592. The molecule has 0 N–H and O–H groups in total. The highest BCUT2D eigenvalue weighted by molar-refractivity contribution is 7.99. The predicted molar refractivity (Wildman–Crippen MR) is 36.2 cm³/mol. The Morgan fingerprint density at radius 3 is 2.22 bits per heavy atom. The van der Waals surface area contributed by atoms with E-state index >= 15 is 0 Å². The zero-order valence-corrected chi connectivity index (χ0v) is 5.76. The summed E-state index contributed by atoms with van der Waals surface area (Å²) in [6, 6.07) is 0. The maximum absolute atomic E-state index is 5.28. The minimum absolute atomic E-state index is 0.319. The quantitative estimate of drug-likeness (QED) is 0.505. The summed E-state index contributed by atoms with van der Waals surface area (Å²) in [6.45, 7) is 0. The van der Waals surface area contributed by atoms with Crippen LogP contribution in [-0.4, -0.2) is 23.7 Å². The van der Waals surface area contributed by atoms with Gasteiger partial charge in [0.05, 0.1) is 0 Å². The second kappa shape index (κ2) is 2.14. The summed E-state index contributed by atoms with van der Waals surface area (Å²) in [7, 11) is 0. The Hall–Kier alpha value is -0.310. The van der Waals surface area contributed by atoms with Gasteiger partial charge in [0, 0.05) is 11.5 Å².